The maximum absolute atomic E-state index is 12.3. The summed E-state index contributed by atoms with van der Waals surface area (Å²) in [5, 5.41) is 5.36. The van der Waals surface area contributed by atoms with Gasteiger partial charge in [-0.25, -0.2) is 9.97 Å². The predicted molar refractivity (Wildman–Crippen MR) is 99.8 cm³/mol. The van der Waals surface area contributed by atoms with Crippen molar-refractivity contribution in [3.8, 4) is 0 Å². The van der Waals surface area contributed by atoms with Gasteiger partial charge in [0.15, 0.2) is 5.82 Å². The van der Waals surface area contributed by atoms with E-state index < -0.39 is 6.04 Å². The number of H-pyrrole nitrogens is 1. The molecule has 2 aromatic heterocycles. The van der Waals surface area contributed by atoms with E-state index in [4.69, 9.17) is 0 Å². The predicted octanol–water partition coefficient (Wildman–Crippen LogP) is 1.99. The lowest BCUT2D eigenvalue weighted by atomic mass is 10.2. The maximum atomic E-state index is 12.3. The van der Waals surface area contributed by atoms with Crippen molar-refractivity contribution in [2.75, 3.05) is 5.32 Å². The van der Waals surface area contributed by atoms with Gasteiger partial charge in [-0.05, 0) is 31.4 Å². The summed E-state index contributed by atoms with van der Waals surface area (Å²) in [6.45, 7) is 1.65. The molecule has 0 spiro atoms. The normalized spacial score (nSPS) is 19.4. The Hall–Kier alpha value is -3.29. The van der Waals surface area contributed by atoms with Crippen molar-refractivity contribution >= 4 is 28.7 Å². The van der Waals surface area contributed by atoms with Gasteiger partial charge in [0, 0.05) is 24.7 Å². The number of hydrogen-bond acceptors (Lipinski definition) is 5. The number of nitrogens with one attached hydrogen (secondary N) is 3. The molecule has 2 amide bonds. The van der Waals surface area contributed by atoms with Gasteiger partial charge in [0.2, 0.25) is 11.8 Å². The first-order chi connectivity index (χ1) is 13.1. The molecule has 3 aromatic rings. The first-order valence-corrected chi connectivity index (χ1v) is 8.91. The van der Waals surface area contributed by atoms with Gasteiger partial charge >= 0.3 is 0 Å². The molecule has 0 aliphatic heterocycles. The van der Waals surface area contributed by atoms with Gasteiger partial charge in [-0.15, -0.1) is 0 Å². The number of amides is 2. The molecule has 1 aliphatic carbocycles. The van der Waals surface area contributed by atoms with E-state index in [1.807, 2.05) is 24.3 Å². The van der Waals surface area contributed by atoms with Gasteiger partial charge in [-0.2, -0.15) is 0 Å². The van der Waals surface area contributed by atoms with Crippen LogP contribution < -0.4 is 10.6 Å². The molecule has 0 saturated heterocycles. The summed E-state index contributed by atoms with van der Waals surface area (Å²) in [5.41, 5.74) is 1.95. The first-order valence-electron chi connectivity index (χ1n) is 8.91. The Kier molecular flexibility index (Phi) is 4.53. The van der Waals surface area contributed by atoms with E-state index in [0.717, 1.165) is 23.3 Å². The maximum Gasteiger partial charge on any atom is 0.247 e. The number of rotatable bonds is 6. The summed E-state index contributed by atoms with van der Waals surface area (Å²) in [5.74, 6) is 1.35. The fourth-order valence-corrected chi connectivity index (χ4v) is 3.16. The SMILES string of the molecule is CC(NC(=O)C[C@@H]1C[C@H]1c1nc2ccccc2[nH]1)C(=O)Nc1cnccn1. The van der Waals surface area contributed by atoms with Crippen LogP contribution in [0.15, 0.2) is 42.9 Å². The van der Waals surface area contributed by atoms with E-state index in [1.54, 1.807) is 6.92 Å². The first kappa shape index (κ1) is 17.1. The van der Waals surface area contributed by atoms with E-state index in [2.05, 4.69) is 30.6 Å². The minimum absolute atomic E-state index is 0.139. The Morgan fingerprint density at radius 3 is 2.93 bits per heavy atom. The topological polar surface area (TPSA) is 113 Å². The lowest BCUT2D eigenvalue weighted by molar-refractivity contribution is -0.126. The van der Waals surface area contributed by atoms with Crippen LogP contribution >= 0.6 is 0 Å². The zero-order valence-electron chi connectivity index (χ0n) is 14.8. The van der Waals surface area contributed by atoms with Gasteiger partial charge in [0.25, 0.3) is 0 Å². The fraction of sp³-hybridized carbons (Fsp3) is 0.316. The fourth-order valence-electron chi connectivity index (χ4n) is 3.16. The molecule has 1 fully saturated rings. The molecule has 0 radical (unpaired) electrons. The molecule has 8 nitrogen and oxygen atoms in total. The van der Waals surface area contributed by atoms with E-state index in [0.29, 0.717) is 12.2 Å². The number of para-hydroxylation sites is 2. The van der Waals surface area contributed by atoms with E-state index in [9.17, 15) is 9.59 Å². The number of carbonyl (C=O) groups is 2. The van der Waals surface area contributed by atoms with Crippen LogP contribution in [0.1, 0.15) is 31.5 Å². The average Bonchev–Trinajstić information content (AvgIpc) is 3.28. The molecule has 2 heterocycles. The van der Waals surface area contributed by atoms with E-state index >= 15 is 0 Å². The molecule has 4 rings (SSSR count). The highest BCUT2D eigenvalue weighted by Crippen LogP contribution is 2.48. The summed E-state index contributed by atoms with van der Waals surface area (Å²) in [6.07, 6.45) is 5.77. The van der Waals surface area contributed by atoms with Gasteiger partial charge in [-0.1, -0.05) is 12.1 Å². The molecule has 3 atom stereocenters. The molecular weight excluding hydrogens is 344 g/mol. The number of carbonyl (C=O) groups excluding carboxylic acids is 2. The molecular formula is C19H20N6O2. The third kappa shape index (κ3) is 3.94. The summed E-state index contributed by atoms with van der Waals surface area (Å²) in [7, 11) is 0. The second-order valence-electron chi connectivity index (χ2n) is 6.81. The van der Waals surface area contributed by atoms with Crippen LogP contribution in [0.3, 0.4) is 0 Å². The third-order valence-corrected chi connectivity index (χ3v) is 4.71. The number of hydrogen-bond donors (Lipinski definition) is 3. The quantitative estimate of drug-likeness (QED) is 0.619. The number of benzene rings is 1. The molecule has 1 unspecified atom stereocenters. The molecule has 8 heteroatoms. The molecule has 1 aliphatic rings. The van der Waals surface area contributed by atoms with Crippen molar-refractivity contribution in [3.63, 3.8) is 0 Å². The van der Waals surface area contributed by atoms with Crippen LogP contribution in [-0.2, 0) is 9.59 Å². The standard InChI is InChI=1S/C19H20N6O2/c1-11(19(27)25-16-10-20-6-7-21-16)22-17(26)9-12-8-13(12)18-23-14-4-2-3-5-15(14)24-18/h2-7,10-13H,8-9H2,1H3,(H,22,26)(H,23,24)(H,21,25,27)/t11?,12-,13+/m0/s1. The highest BCUT2D eigenvalue weighted by atomic mass is 16.2. The Morgan fingerprint density at radius 2 is 2.15 bits per heavy atom. The molecule has 27 heavy (non-hydrogen) atoms. The van der Waals surface area contributed by atoms with Gasteiger partial charge in [-0.3, -0.25) is 14.6 Å². The Labute approximate surface area is 155 Å². The van der Waals surface area contributed by atoms with Crippen molar-refractivity contribution in [1.29, 1.82) is 0 Å². The van der Waals surface area contributed by atoms with Gasteiger partial charge < -0.3 is 15.6 Å². The van der Waals surface area contributed by atoms with Crippen LogP contribution in [0.5, 0.6) is 0 Å². The van der Waals surface area contributed by atoms with Crippen molar-refractivity contribution in [2.24, 2.45) is 5.92 Å². The van der Waals surface area contributed by atoms with Crippen LogP contribution in [-0.4, -0.2) is 37.8 Å². The molecule has 138 valence electrons. The number of aromatic nitrogens is 4. The van der Waals surface area contributed by atoms with Crippen LogP contribution in [0.25, 0.3) is 11.0 Å². The molecule has 1 saturated carbocycles. The van der Waals surface area contributed by atoms with Crippen molar-refractivity contribution in [3.05, 3.63) is 48.7 Å². The largest absolute Gasteiger partial charge is 0.345 e. The van der Waals surface area contributed by atoms with Crippen molar-refractivity contribution in [1.82, 2.24) is 25.3 Å². The van der Waals surface area contributed by atoms with Crippen LogP contribution in [0.4, 0.5) is 5.82 Å². The van der Waals surface area contributed by atoms with Crippen molar-refractivity contribution < 1.29 is 9.59 Å². The average molecular weight is 364 g/mol. The summed E-state index contributed by atoms with van der Waals surface area (Å²) < 4.78 is 0. The minimum atomic E-state index is -0.650. The van der Waals surface area contributed by atoms with Crippen molar-refractivity contribution in [2.45, 2.75) is 31.7 Å². The van der Waals surface area contributed by atoms with Crippen LogP contribution in [0, 0.1) is 5.92 Å². The van der Waals surface area contributed by atoms with E-state index in [1.165, 1.54) is 18.6 Å². The number of nitrogens with zero attached hydrogens (tertiary/aromatic N) is 3. The van der Waals surface area contributed by atoms with E-state index in [-0.39, 0.29) is 23.7 Å². The number of imidazole rings is 1. The smallest absolute Gasteiger partial charge is 0.247 e. The third-order valence-electron chi connectivity index (χ3n) is 4.71. The number of aromatic amines is 1. The summed E-state index contributed by atoms with van der Waals surface area (Å²) in [6, 6.07) is 7.24. The molecule has 1 aromatic carbocycles. The zero-order valence-corrected chi connectivity index (χ0v) is 14.8. The summed E-state index contributed by atoms with van der Waals surface area (Å²) >= 11 is 0. The monoisotopic (exact) mass is 364 g/mol. The van der Waals surface area contributed by atoms with Crippen LogP contribution in [0.2, 0.25) is 0 Å². The zero-order chi connectivity index (χ0) is 18.8. The lowest BCUT2D eigenvalue weighted by Crippen LogP contribution is -2.41. The van der Waals surface area contributed by atoms with Gasteiger partial charge in [0.1, 0.15) is 11.9 Å². The Balaban J connectivity index is 1.28. The highest BCUT2D eigenvalue weighted by molar-refractivity contribution is 5.96. The molecule has 0 bridgehead atoms. The number of anilines is 1. The Bertz CT molecular complexity index is 938. The lowest BCUT2D eigenvalue weighted by Gasteiger charge is -2.13. The molecule has 3 N–H and O–H groups in total. The van der Waals surface area contributed by atoms with Gasteiger partial charge in [0.05, 0.1) is 17.2 Å². The minimum Gasteiger partial charge on any atom is -0.345 e. The highest BCUT2D eigenvalue weighted by Gasteiger charge is 2.42. The second kappa shape index (κ2) is 7.14. The second-order valence-corrected chi connectivity index (χ2v) is 6.81. The number of fused-ring (bicyclic) bond motifs is 1. The Morgan fingerprint density at radius 1 is 1.30 bits per heavy atom. The summed E-state index contributed by atoms with van der Waals surface area (Å²) in [4.78, 5) is 40.2.